The van der Waals surface area contributed by atoms with Crippen molar-refractivity contribution in [2.24, 2.45) is 0 Å². The van der Waals surface area contributed by atoms with Crippen LogP contribution in [-0.2, 0) is 4.79 Å². The number of ether oxygens (including phenoxy) is 1. The Morgan fingerprint density at radius 3 is 2.59 bits per heavy atom. The highest BCUT2D eigenvalue weighted by Gasteiger charge is 2.00. The van der Waals surface area contributed by atoms with Gasteiger partial charge in [-0.3, -0.25) is 4.79 Å². The Kier molecular flexibility index (Phi) is 9.19. The van der Waals surface area contributed by atoms with E-state index in [0.717, 1.165) is 13.1 Å². The zero-order valence-corrected chi connectivity index (χ0v) is 10.8. The number of para-hydroxylation sites is 1. The largest absolute Gasteiger partial charge is 0.484 e. The quantitative estimate of drug-likeness (QED) is 0.723. The molecule has 0 spiro atoms. The molecule has 0 radical (unpaired) electrons. The minimum Gasteiger partial charge on any atom is -0.484 e. The highest BCUT2D eigenvalue weighted by molar-refractivity contribution is 5.85. The van der Waals surface area contributed by atoms with Gasteiger partial charge in [0.2, 0.25) is 0 Å². The van der Waals surface area contributed by atoms with Crippen LogP contribution >= 0.6 is 12.4 Å². The first-order valence-corrected chi connectivity index (χ1v) is 5.48. The molecule has 0 saturated heterocycles. The number of nitrogens with one attached hydrogen (secondary N) is 2. The standard InChI is InChI=1S/C12H18N2O2.ClH/c1-2-13-8-9-14-12(15)10-16-11-6-4-3-5-7-11;/h3-7,13H,2,8-10H2,1H3,(H,14,15);1H. The predicted octanol–water partition coefficient (Wildman–Crippen LogP) is 1.21. The molecule has 0 atom stereocenters. The Labute approximate surface area is 108 Å². The number of rotatable bonds is 7. The number of carbonyl (C=O) groups excluding carboxylic acids is 1. The number of hydrogen-bond acceptors (Lipinski definition) is 3. The van der Waals surface area contributed by atoms with Crippen LogP contribution in [0.3, 0.4) is 0 Å². The van der Waals surface area contributed by atoms with Gasteiger partial charge in [0, 0.05) is 13.1 Å². The fourth-order valence-electron chi connectivity index (χ4n) is 1.18. The molecule has 0 saturated carbocycles. The van der Waals surface area contributed by atoms with Crippen LogP contribution in [0.15, 0.2) is 30.3 Å². The third-order valence-electron chi connectivity index (χ3n) is 1.99. The Balaban J connectivity index is 0.00000256. The Hall–Kier alpha value is -1.26. The zero-order valence-electron chi connectivity index (χ0n) is 9.94. The predicted molar refractivity (Wildman–Crippen MR) is 70.7 cm³/mol. The van der Waals surface area contributed by atoms with Gasteiger partial charge in [-0.25, -0.2) is 0 Å². The van der Waals surface area contributed by atoms with Crippen molar-refractivity contribution in [1.29, 1.82) is 0 Å². The van der Waals surface area contributed by atoms with E-state index in [-0.39, 0.29) is 24.9 Å². The zero-order chi connectivity index (χ0) is 11.6. The number of amides is 1. The molecule has 0 aliphatic carbocycles. The molecule has 0 fully saturated rings. The molecule has 4 nitrogen and oxygen atoms in total. The first-order valence-electron chi connectivity index (χ1n) is 5.48. The minimum absolute atomic E-state index is 0. The lowest BCUT2D eigenvalue weighted by Crippen LogP contribution is -2.34. The van der Waals surface area contributed by atoms with Crippen LogP contribution in [0.2, 0.25) is 0 Å². The Morgan fingerprint density at radius 1 is 1.24 bits per heavy atom. The van der Waals surface area contributed by atoms with Crippen molar-refractivity contribution in [3.05, 3.63) is 30.3 Å². The van der Waals surface area contributed by atoms with Crippen LogP contribution in [0.25, 0.3) is 0 Å². The maximum Gasteiger partial charge on any atom is 0.257 e. The van der Waals surface area contributed by atoms with Crippen molar-refractivity contribution in [3.63, 3.8) is 0 Å². The molecule has 0 aliphatic heterocycles. The smallest absolute Gasteiger partial charge is 0.257 e. The number of carbonyl (C=O) groups is 1. The summed E-state index contributed by atoms with van der Waals surface area (Å²) in [5.74, 6) is 0.617. The number of likely N-dealkylation sites (N-methyl/N-ethyl adjacent to an activating group) is 1. The molecule has 0 aliphatic rings. The first-order chi connectivity index (χ1) is 7.83. The molecule has 1 rings (SSSR count). The molecule has 96 valence electrons. The van der Waals surface area contributed by atoms with Crippen molar-refractivity contribution in [2.45, 2.75) is 6.92 Å². The van der Waals surface area contributed by atoms with E-state index in [1.165, 1.54) is 0 Å². The van der Waals surface area contributed by atoms with E-state index in [4.69, 9.17) is 4.74 Å². The van der Waals surface area contributed by atoms with Crippen LogP contribution in [0.4, 0.5) is 0 Å². The monoisotopic (exact) mass is 258 g/mol. The van der Waals surface area contributed by atoms with Crippen LogP contribution < -0.4 is 15.4 Å². The summed E-state index contributed by atoms with van der Waals surface area (Å²) in [7, 11) is 0. The molecule has 0 heterocycles. The molecule has 1 aromatic carbocycles. The van der Waals surface area contributed by atoms with E-state index < -0.39 is 0 Å². The lowest BCUT2D eigenvalue weighted by Gasteiger charge is -2.07. The molecule has 1 amide bonds. The van der Waals surface area contributed by atoms with Gasteiger partial charge in [-0.05, 0) is 18.7 Å². The topological polar surface area (TPSA) is 50.4 Å². The van der Waals surface area contributed by atoms with E-state index in [2.05, 4.69) is 10.6 Å². The van der Waals surface area contributed by atoms with Gasteiger partial charge >= 0.3 is 0 Å². The van der Waals surface area contributed by atoms with Gasteiger partial charge in [-0.1, -0.05) is 25.1 Å². The molecule has 0 bridgehead atoms. The Bertz CT molecular complexity index is 307. The summed E-state index contributed by atoms with van der Waals surface area (Å²) in [5.41, 5.74) is 0. The minimum atomic E-state index is -0.0956. The molecule has 2 N–H and O–H groups in total. The molecule has 5 heteroatoms. The number of hydrogen-bond donors (Lipinski definition) is 2. The van der Waals surface area contributed by atoms with E-state index in [0.29, 0.717) is 12.3 Å². The van der Waals surface area contributed by atoms with Crippen molar-refractivity contribution in [1.82, 2.24) is 10.6 Å². The summed E-state index contributed by atoms with van der Waals surface area (Å²) in [6.45, 7) is 4.42. The van der Waals surface area contributed by atoms with Gasteiger partial charge in [0.25, 0.3) is 5.91 Å². The molecule has 0 aromatic heterocycles. The highest BCUT2D eigenvalue weighted by Crippen LogP contribution is 2.07. The van der Waals surface area contributed by atoms with Gasteiger partial charge in [0.05, 0.1) is 0 Å². The summed E-state index contributed by atoms with van der Waals surface area (Å²) in [6, 6.07) is 9.30. The lowest BCUT2D eigenvalue weighted by molar-refractivity contribution is -0.123. The van der Waals surface area contributed by atoms with Crippen molar-refractivity contribution < 1.29 is 9.53 Å². The van der Waals surface area contributed by atoms with Gasteiger partial charge in [0.1, 0.15) is 5.75 Å². The molecule has 1 aromatic rings. The summed E-state index contributed by atoms with van der Waals surface area (Å²) in [4.78, 5) is 11.3. The van der Waals surface area contributed by atoms with E-state index >= 15 is 0 Å². The number of benzene rings is 1. The normalized spacial score (nSPS) is 9.24. The fraction of sp³-hybridized carbons (Fsp3) is 0.417. The van der Waals surface area contributed by atoms with Gasteiger partial charge < -0.3 is 15.4 Å². The van der Waals surface area contributed by atoms with E-state index in [1.807, 2.05) is 37.3 Å². The molecule has 17 heavy (non-hydrogen) atoms. The maximum atomic E-state index is 11.3. The van der Waals surface area contributed by atoms with Gasteiger partial charge in [-0.15, -0.1) is 12.4 Å². The number of halogens is 1. The van der Waals surface area contributed by atoms with E-state index in [9.17, 15) is 4.79 Å². The third-order valence-corrected chi connectivity index (χ3v) is 1.99. The summed E-state index contributed by atoms with van der Waals surface area (Å²) < 4.78 is 5.29. The average molecular weight is 259 g/mol. The third kappa shape index (κ3) is 7.60. The maximum absolute atomic E-state index is 11.3. The Morgan fingerprint density at radius 2 is 1.94 bits per heavy atom. The van der Waals surface area contributed by atoms with Crippen molar-refractivity contribution in [3.8, 4) is 5.75 Å². The van der Waals surface area contributed by atoms with Gasteiger partial charge in [-0.2, -0.15) is 0 Å². The second kappa shape index (κ2) is 9.93. The highest BCUT2D eigenvalue weighted by atomic mass is 35.5. The first kappa shape index (κ1) is 15.7. The van der Waals surface area contributed by atoms with Crippen LogP contribution in [0.5, 0.6) is 5.75 Å². The molecule has 0 unspecified atom stereocenters. The average Bonchev–Trinajstić information content (AvgIpc) is 2.33. The second-order valence-electron chi connectivity index (χ2n) is 3.31. The SMILES string of the molecule is CCNCCNC(=O)COc1ccccc1.Cl. The van der Waals surface area contributed by atoms with Crippen LogP contribution in [0, 0.1) is 0 Å². The lowest BCUT2D eigenvalue weighted by atomic mass is 10.3. The van der Waals surface area contributed by atoms with E-state index in [1.54, 1.807) is 0 Å². The van der Waals surface area contributed by atoms with Crippen molar-refractivity contribution in [2.75, 3.05) is 26.2 Å². The molecular formula is C12H19ClN2O2. The summed E-state index contributed by atoms with van der Waals surface area (Å²) >= 11 is 0. The fourth-order valence-corrected chi connectivity index (χ4v) is 1.18. The summed E-state index contributed by atoms with van der Waals surface area (Å²) in [6.07, 6.45) is 0. The van der Waals surface area contributed by atoms with Crippen LogP contribution in [-0.4, -0.2) is 32.1 Å². The molecular weight excluding hydrogens is 240 g/mol. The van der Waals surface area contributed by atoms with Crippen molar-refractivity contribution >= 4 is 18.3 Å². The summed E-state index contributed by atoms with van der Waals surface area (Å²) in [5, 5.41) is 5.88. The van der Waals surface area contributed by atoms with Crippen LogP contribution in [0.1, 0.15) is 6.92 Å². The van der Waals surface area contributed by atoms with Gasteiger partial charge in [0.15, 0.2) is 6.61 Å². The second-order valence-corrected chi connectivity index (χ2v) is 3.31.